The lowest BCUT2D eigenvalue weighted by Crippen LogP contribution is -2.31. The highest BCUT2D eigenvalue weighted by Crippen LogP contribution is 2.18. The third-order valence-corrected chi connectivity index (χ3v) is 4.68. The SMILES string of the molecule is COc1ccc(C[C@H](N)CNc2ccn(-c3ccc4cnccc4c3)n2)cc1. The molecule has 0 aliphatic heterocycles. The van der Waals surface area contributed by atoms with Crippen LogP contribution < -0.4 is 15.8 Å². The molecule has 142 valence electrons. The van der Waals surface area contributed by atoms with Gasteiger partial charge in [-0.2, -0.15) is 5.10 Å². The quantitative estimate of drug-likeness (QED) is 0.519. The Kier molecular flexibility index (Phi) is 5.21. The summed E-state index contributed by atoms with van der Waals surface area (Å²) in [5, 5.41) is 10.2. The largest absolute Gasteiger partial charge is 0.497 e. The number of anilines is 1. The van der Waals surface area contributed by atoms with Crippen LogP contribution in [0.1, 0.15) is 5.56 Å². The molecule has 0 aliphatic carbocycles. The van der Waals surface area contributed by atoms with Gasteiger partial charge in [-0.15, -0.1) is 0 Å². The Morgan fingerprint density at radius 2 is 1.93 bits per heavy atom. The molecule has 3 N–H and O–H groups in total. The summed E-state index contributed by atoms with van der Waals surface area (Å²) in [7, 11) is 1.67. The average Bonchev–Trinajstić information content (AvgIpc) is 3.21. The van der Waals surface area contributed by atoms with Crippen LogP contribution >= 0.6 is 0 Å². The Morgan fingerprint density at radius 3 is 2.75 bits per heavy atom. The zero-order valence-corrected chi connectivity index (χ0v) is 15.7. The number of nitrogens with two attached hydrogens (primary N) is 1. The molecule has 0 aliphatic rings. The van der Waals surface area contributed by atoms with Gasteiger partial charge in [-0.3, -0.25) is 4.98 Å². The van der Waals surface area contributed by atoms with Gasteiger partial charge in [0.2, 0.25) is 0 Å². The molecule has 0 amide bonds. The number of aromatic nitrogens is 3. The van der Waals surface area contributed by atoms with Crippen molar-refractivity contribution in [2.75, 3.05) is 19.0 Å². The van der Waals surface area contributed by atoms with E-state index >= 15 is 0 Å². The van der Waals surface area contributed by atoms with Gasteiger partial charge in [0.05, 0.1) is 12.8 Å². The number of pyridine rings is 1. The Hall–Kier alpha value is -3.38. The second-order valence-electron chi connectivity index (χ2n) is 6.75. The Labute approximate surface area is 164 Å². The fraction of sp³-hybridized carbons (Fsp3) is 0.182. The van der Waals surface area contributed by atoms with Crippen molar-refractivity contribution in [1.82, 2.24) is 14.8 Å². The van der Waals surface area contributed by atoms with Crippen LogP contribution in [-0.2, 0) is 6.42 Å². The summed E-state index contributed by atoms with van der Waals surface area (Å²) in [5.41, 5.74) is 8.46. The topological polar surface area (TPSA) is 78.0 Å². The molecule has 0 saturated heterocycles. The maximum atomic E-state index is 6.27. The fourth-order valence-corrected chi connectivity index (χ4v) is 3.15. The molecule has 1 atom stereocenters. The van der Waals surface area contributed by atoms with E-state index in [9.17, 15) is 0 Å². The van der Waals surface area contributed by atoms with Crippen molar-refractivity contribution in [3.05, 3.63) is 78.8 Å². The van der Waals surface area contributed by atoms with Crippen molar-refractivity contribution in [3.63, 3.8) is 0 Å². The molecule has 6 heteroatoms. The van der Waals surface area contributed by atoms with E-state index in [1.54, 1.807) is 13.3 Å². The summed E-state index contributed by atoms with van der Waals surface area (Å²) in [6, 6.07) is 18.1. The van der Waals surface area contributed by atoms with E-state index in [4.69, 9.17) is 10.5 Å². The second-order valence-corrected chi connectivity index (χ2v) is 6.75. The van der Waals surface area contributed by atoms with Gasteiger partial charge in [0, 0.05) is 42.6 Å². The first-order chi connectivity index (χ1) is 13.7. The molecule has 0 unspecified atom stereocenters. The lowest BCUT2D eigenvalue weighted by molar-refractivity contribution is 0.414. The van der Waals surface area contributed by atoms with Crippen molar-refractivity contribution in [2.45, 2.75) is 12.5 Å². The molecule has 4 rings (SSSR count). The highest BCUT2D eigenvalue weighted by atomic mass is 16.5. The number of nitrogens with zero attached hydrogens (tertiary/aromatic N) is 3. The first-order valence-electron chi connectivity index (χ1n) is 9.23. The van der Waals surface area contributed by atoms with Gasteiger partial charge >= 0.3 is 0 Å². The minimum atomic E-state index is -0.00767. The van der Waals surface area contributed by atoms with E-state index in [1.165, 1.54) is 5.56 Å². The summed E-state index contributed by atoms with van der Waals surface area (Å²) in [6.45, 7) is 0.645. The molecular weight excluding hydrogens is 350 g/mol. The van der Waals surface area contributed by atoms with Crippen molar-refractivity contribution in [3.8, 4) is 11.4 Å². The molecular formula is C22H23N5O. The fourth-order valence-electron chi connectivity index (χ4n) is 3.15. The highest BCUT2D eigenvalue weighted by molar-refractivity contribution is 5.83. The lowest BCUT2D eigenvalue weighted by atomic mass is 10.1. The molecule has 0 spiro atoms. The predicted octanol–water partition coefficient (Wildman–Crippen LogP) is 3.41. The Bertz CT molecular complexity index is 1060. The van der Waals surface area contributed by atoms with Crippen LogP contribution in [0.15, 0.2) is 73.2 Å². The Balaban J connectivity index is 1.37. The lowest BCUT2D eigenvalue weighted by Gasteiger charge is -2.13. The van der Waals surface area contributed by atoms with E-state index < -0.39 is 0 Å². The standard InChI is InChI=1S/C22H23N5O/c1-28-21-6-2-16(3-7-21)12-19(23)15-25-22-9-11-27(26-22)20-5-4-18-14-24-10-8-17(18)13-20/h2-11,13-14,19H,12,15,23H2,1H3,(H,25,26)/t19-/m0/s1. The molecule has 0 saturated carbocycles. The van der Waals surface area contributed by atoms with E-state index in [1.807, 2.05) is 59.5 Å². The summed E-state index contributed by atoms with van der Waals surface area (Å²) in [4.78, 5) is 4.15. The molecule has 0 bridgehead atoms. The van der Waals surface area contributed by atoms with Gasteiger partial charge < -0.3 is 15.8 Å². The first kappa shape index (κ1) is 18.0. The number of rotatable bonds is 7. The van der Waals surface area contributed by atoms with Crippen molar-refractivity contribution < 1.29 is 4.74 Å². The third kappa shape index (κ3) is 4.13. The van der Waals surface area contributed by atoms with Crippen molar-refractivity contribution in [2.24, 2.45) is 5.73 Å². The van der Waals surface area contributed by atoms with E-state index in [0.29, 0.717) is 6.54 Å². The number of ether oxygens (including phenoxy) is 1. The molecule has 0 radical (unpaired) electrons. The summed E-state index contributed by atoms with van der Waals surface area (Å²) >= 11 is 0. The van der Waals surface area contributed by atoms with Crippen LogP contribution in [0.25, 0.3) is 16.5 Å². The molecule has 2 heterocycles. The molecule has 0 fully saturated rings. The minimum Gasteiger partial charge on any atom is -0.497 e. The van der Waals surface area contributed by atoms with Crippen LogP contribution in [0, 0.1) is 0 Å². The predicted molar refractivity (Wildman–Crippen MR) is 112 cm³/mol. The number of benzene rings is 2. The maximum absolute atomic E-state index is 6.27. The van der Waals surface area contributed by atoms with Crippen molar-refractivity contribution in [1.29, 1.82) is 0 Å². The van der Waals surface area contributed by atoms with E-state index in [-0.39, 0.29) is 6.04 Å². The smallest absolute Gasteiger partial charge is 0.148 e. The van der Waals surface area contributed by atoms with Crippen LogP contribution in [0.5, 0.6) is 5.75 Å². The number of hydrogen-bond donors (Lipinski definition) is 2. The zero-order chi connectivity index (χ0) is 19.3. The highest BCUT2D eigenvalue weighted by Gasteiger charge is 2.07. The van der Waals surface area contributed by atoms with Crippen LogP contribution in [0.3, 0.4) is 0 Å². The van der Waals surface area contributed by atoms with Gasteiger partial charge in [0.15, 0.2) is 0 Å². The van der Waals surface area contributed by atoms with E-state index in [0.717, 1.165) is 34.4 Å². The van der Waals surface area contributed by atoms with E-state index in [2.05, 4.69) is 27.5 Å². The first-order valence-corrected chi connectivity index (χ1v) is 9.23. The van der Waals surface area contributed by atoms with Gasteiger partial charge in [-0.05, 0) is 47.7 Å². The number of fused-ring (bicyclic) bond motifs is 1. The summed E-state index contributed by atoms with van der Waals surface area (Å²) in [5.74, 6) is 1.66. The normalized spacial score (nSPS) is 12.1. The molecule has 4 aromatic rings. The number of methoxy groups -OCH3 is 1. The zero-order valence-electron chi connectivity index (χ0n) is 15.7. The third-order valence-electron chi connectivity index (χ3n) is 4.68. The van der Waals surface area contributed by atoms with Gasteiger partial charge in [-0.1, -0.05) is 18.2 Å². The summed E-state index contributed by atoms with van der Waals surface area (Å²) < 4.78 is 7.04. The second kappa shape index (κ2) is 8.10. The maximum Gasteiger partial charge on any atom is 0.148 e. The van der Waals surface area contributed by atoms with Crippen molar-refractivity contribution >= 4 is 16.6 Å². The Morgan fingerprint density at radius 1 is 1.07 bits per heavy atom. The molecule has 2 aromatic carbocycles. The van der Waals surface area contributed by atoms with Gasteiger partial charge in [0.1, 0.15) is 11.6 Å². The molecule has 6 nitrogen and oxygen atoms in total. The monoisotopic (exact) mass is 373 g/mol. The summed E-state index contributed by atoms with van der Waals surface area (Å²) in [6.07, 6.45) is 6.39. The molecule has 2 aromatic heterocycles. The average molecular weight is 373 g/mol. The van der Waals surface area contributed by atoms with Gasteiger partial charge in [0.25, 0.3) is 0 Å². The van der Waals surface area contributed by atoms with Crippen LogP contribution in [-0.4, -0.2) is 34.5 Å². The van der Waals surface area contributed by atoms with Crippen LogP contribution in [0.2, 0.25) is 0 Å². The van der Waals surface area contributed by atoms with Gasteiger partial charge in [-0.25, -0.2) is 4.68 Å². The number of nitrogens with one attached hydrogen (secondary N) is 1. The number of hydrogen-bond acceptors (Lipinski definition) is 5. The molecule has 28 heavy (non-hydrogen) atoms. The minimum absolute atomic E-state index is 0.00767. The van der Waals surface area contributed by atoms with Crippen LogP contribution in [0.4, 0.5) is 5.82 Å².